The number of anilines is 1. The molecule has 1 fully saturated rings. The standard InChI is InChI=1S/C19H21N7O/c27-19(14-2-1-3-21-14)25-17-7-12-6-13(8-22-15(12)9-23-17)16-10-24-18-11-20-4-5-26(16)18/h6-10,14,20-21H,1-5,11H2,(H,23,25,27). The van der Waals surface area contributed by atoms with Crippen LogP contribution in [0.25, 0.3) is 22.2 Å². The summed E-state index contributed by atoms with van der Waals surface area (Å²) in [6, 6.07) is 3.84. The van der Waals surface area contributed by atoms with Crippen molar-refractivity contribution in [2.45, 2.75) is 32.0 Å². The molecule has 0 bridgehead atoms. The summed E-state index contributed by atoms with van der Waals surface area (Å²) in [7, 11) is 0. The van der Waals surface area contributed by atoms with E-state index in [4.69, 9.17) is 0 Å². The Labute approximate surface area is 156 Å². The Morgan fingerprint density at radius 2 is 2.11 bits per heavy atom. The summed E-state index contributed by atoms with van der Waals surface area (Å²) in [5.41, 5.74) is 2.89. The number of nitrogens with zero attached hydrogens (tertiary/aromatic N) is 4. The number of fused-ring (bicyclic) bond motifs is 2. The Morgan fingerprint density at radius 3 is 3.00 bits per heavy atom. The molecule has 2 aliphatic heterocycles. The van der Waals surface area contributed by atoms with Crippen LogP contribution in [-0.4, -0.2) is 44.6 Å². The molecule has 8 nitrogen and oxygen atoms in total. The summed E-state index contributed by atoms with van der Waals surface area (Å²) < 4.78 is 2.23. The van der Waals surface area contributed by atoms with Gasteiger partial charge < -0.3 is 20.5 Å². The molecule has 1 saturated heterocycles. The Hall–Kier alpha value is -2.84. The van der Waals surface area contributed by atoms with Crippen molar-refractivity contribution in [2.24, 2.45) is 0 Å². The molecule has 3 aromatic rings. The highest BCUT2D eigenvalue weighted by Gasteiger charge is 2.22. The predicted molar refractivity (Wildman–Crippen MR) is 102 cm³/mol. The lowest BCUT2D eigenvalue weighted by Crippen LogP contribution is -2.35. The van der Waals surface area contributed by atoms with Gasteiger partial charge >= 0.3 is 0 Å². The van der Waals surface area contributed by atoms with E-state index in [9.17, 15) is 4.79 Å². The van der Waals surface area contributed by atoms with Gasteiger partial charge in [0.15, 0.2) is 0 Å². The average Bonchev–Trinajstić information content (AvgIpc) is 3.37. The highest BCUT2D eigenvalue weighted by molar-refractivity contribution is 5.96. The van der Waals surface area contributed by atoms with E-state index in [1.807, 2.05) is 18.5 Å². The van der Waals surface area contributed by atoms with Crippen molar-refractivity contribution < 1.29 is 4.79 Å². The number of aromatic nitrogens is 4. The lowest BCUT2D eigenvalue weighted by atomic mass is 10.1. The number of hydrogen-bond acceptors (Lipinski definition) is 6. The van der Waals surface area contributed by atoms with Gasteiger partial charge in [-0.2, -0.15) is 0 Å². The van der Waals surface area contributed by atoms with Gasteiger partial charge in [0.1, 0.15) is 11.6 Å². The van der Waals surface area contributed by atoms with E-state index in [-0.39, 0.29) is 11.9 Å². The maximum atomic E-state index is 12.3. The van der Waals surface area contributed by atoms with Crippen LogP contribution in [0.5, 0.6) is 0 Å². The second-order valence-electron chi connectivity index (χ2n) is 7.01. The Morgan fingerprint density at radius 1 is 1.15 bits per heavy atom. The van der Waals surface area contributed by atoms with Crippen molar-refractivity contribution in [3.8, 4) is 11.3 Å². The number of hydrogen-bond donors (Lipinski definition) is 3. The molecule has 138 valence electrons. The SMILES string of the molecule is O=C(Nc1cc2cc(-c3cnc4n3CCNC4)cnc2cn1)C1CCCN1. The molecule has 1 atom stereocenters. The van der Waals surface area contributed by atoms with E-state index in [1.165, 1.54) is 0 Å². The molecular weight excluding hydrogens is 342 g/mol. The Kier molecular flexibility index (Phi) is 4.06. The molecular formula is C19H21N7O. The van der Waals surface area contributed by atoms with E-state index in [0.29, 0.717) is 5.82 Å². The predicted octanol–water partition coefficient (Wildman–Crippen LogP) is 1.29. The second kappa shape index (κ2) is 6.71. The fraction of sp³-hybridized carbons (Fsp3) is 0.368. The molecule has 1 unspecified atom stereocenters. The monoisotopic (exact) mass is 363 g/mol. The van der Waals surface area contributed by atoms with Crippen molar-refractivity contribution in [1.82, 2.24) is 30.2 Å². The molecule has 0 radical (unpaired) electrons. The van der Waals surface area contributed by atoms with E-state index < -0.39 is 0 Å². The number of carbonyl (C=O) groups excluding carboxylic acids is 1. The fourth-order valence-electron chi connectivity index (χ4n) is 3.79. The van der Waals surface area contributed by atoms with Crippen molar-refractivity contribution in [3.63, 3.8) is 0 Å². The summed E-state index contributed by atoms with van der Waals surface area (Å²) >= 11 is 0. The first kappa shape index (κ1) is 16.3. The lowest BCUT2D eigenvalue weighted by molar-refractivity contribution is -0.117. The third kappa shape index (κ3) is 3.07. The van der Waals surface area contributed by atoms with Gasteiger partial charge in [-0.25, -0.2) is 9.97 Å². The second-order valence-corrected chi connectivity index (χ2v) is 7.01. The first-order valence-corrected chi connectivity index (χ1v) is 9.33. The highest BCUT2D eigenvalue weighted by Crippen LogP contribution is 2.25. The molecule has 27 heavy (non-hydrogen) atoms. The molecule has 0 saturated carbocycles. The summed E-state index contributed by atoms with van der Waals surface area (Å²) in [6.45, 7) is 3.51. The Bertz CT molecular complexity index is 1010. The maximum Gasteiger partial charge on any atom is 0.242 e. The Balaban J connectivity index is 1.46. The zero-order chi connectivity index (χ0) is 18.2. The maximum absolute atomic E-state index is 12.3. The summed E-state index contributed by atoms with van der Waals surface area (Å²) in [5.74, 6) is 1.57. The fourth-order valence-corrected chi connectivity index (χ4v) is 3.79. The number of imidazole rings is 1. The van der Waals surface area contributed by atoms with Gasteiger partial charge in [0.05, 0.1) is 36.2 Å². The van der Waals surface area contributed by atoms with E-state index in [0.717, 1.165) is 67.0 Å². The third-order valence-corrected chi connectivity index (χ3v) is 5.22. The molecule has 5 heterocycles. The van der Waals surface area contributed by atoms with E-state index in [1.54, 1.807) is 6.20 Å². The van der Waals surface area contributed by atoms with Crippen LogP contribution in [0.2, 0.25) is 0 Å². The molecule has 0 spiro atoms. The van der Waals surface area contributed by atoms with Crippen LogP contribution in [0.15, 0.2) is 30.7 Å². The first-order chi connectivity index (χ1) is 13.3. The summed E-state index contributed by atoms with van der Waals surface area (Å²) in [4.78, 5) is 25.7. The number of rotatable bonds is 3. The van der Waals surface area contributed by atoms with Gasteiger partial charge in [-0.05, 0) is 31.5 Å². The van der Waals surface area contributed by atoms with Gasteiger partial charge in [0.25, 0.3) is 0 Å². The quantitative estimate of drug-likeness (QED) is 0.649. The van der Waals surface area contributed by atoms with Gasteiger partial charge in [0, 0.05) is 30.2 Å². The van der Waals surface area contributed by atoms with Gasteiger partial charge in [-0.1, -0.05) is 0 Å². The van der Waals surface area contributed by atoms with E-state index in [2.05, 4.69) is 41.5 Å². The largest absolute Gasteiger partial charge is 0.326 e. The van der Waals surface area contributed by atoms with Gasteiger partial charge in [-0.15, -0.1) is 0 Å². The lowest BCUT2D eigenvalue weighted by Gasteiger charge is -2.17. The van der Waals surface area contributed by atoms with Crippen LogP contribution in [0.4, 0.5) is 5.82 Å². The minimum atomic E-state index is -0.126. The zero-order valence-corrected chi connectivity index (χ0v) is 14.9. The number of carbonyl (C=O) groups is 1. The minimum absolute atomic E-state index is 0.0270. The number of pyridine rings is 2. The molecule has 3 N–H and O–H groups in total. The molecule has 1 amide bonds. The van der Waals surface area contributed by atoms with Crippen molar-refractivity contribution in [1.29, 1.82) is 0 Å². The molecule has 0 aliphatic carbocycles. The minimum Gasteiger partial charge on any atom is -0.326 e. The van der Waals surface area contributed by atoms with Gasteiger partial charge in [0.2, 0.25) is 5.91 Å². The third-order valence-electron chi connectivity index (χ3n) is 5.22. The summed E-state index contributed by atoms with van der Waals surface area (Å²) in [6.07, 6.45) is 7.36. The van der Waals surface area contributed by atoms with Crippen LogP contribution in [0, 0.1) is 0 Å². The molecule has 5 rings (SSSR count). The normalized spacial score (nSPS) is 19.2. The molecule has 8 heteroatoms. The first-order valence-electron chi connectivity index (χ1n) is 9.33. The average molecular weight is 363 g/mol. The van der Waals surface area contributed by atoms with Crippen LogP contribution < -0.4 is 16.0 Å². The van der Waals surface area contributed by atoms with Crippen LogP contribution in [0.1, 0.15) is 18.7 Å². The zero-order valence-electron chi connectivity index (χ0n) is 14.9. The van der Waals surface area contributed by atoms with Gasteiger partial charge in [-0.3, -0.25) is 9.78 Å². The molecule has 0 aromatic carbocycles. The topological polar surface area (TPSA) is 96.8 Å². The number of nitrogens with one attached hydrogen (secondary N) is 3. The van der Waals surface area contributed by atoms with Crippen molar-refractivity contribution >= 4 is 22.6 Å². The van der Waals surface area contributed by atoms with E-state index >= 15 is 0 Å². The highest BCUT2D eigenvalue weighted by atomic mass is 16.2. The van der Waals surface area contributed by atoms with Crippen molar-refractivity contribution in [3.05, 3.63) is 36.5 Å². The number of amides is 1. The summed E-state index contributed by atoms with van der Waals surface area (Å²) in [5, 5.41) is 10.4. The van der Waals surface area contributed by atoms with Crippen LogP contribution in [0.3, 0.4) is 0 Å². The molecule has 2 aliphatic rings. The molecule has 3 aromatic heterocycles. The van der Waals surface area contributed by atoms with Crippen molar-refractivity contribution in [2.75, 3.05) is 18.4 Å². The van der Waals surface area contributed by atoms with Crippen LogP contribution >= 0.6 is 0 Å². The smallest absolute Gasteiger partial charge is 0.242 e. The van der Waals surface area contributed by atoms with Crippen LogP contribution in [-0.2, 0) is 17.9 Å².